The van der Waals surface area contributed by atoms with Crippen molar-refractivity contribution in [2.24, 2.45) is 4.99 Å². The molecule has 0 saturated carbocycles. The summed E-state index contributed by atoms with van der Waals surface area (Å²) in [6, 6.07) is 22.8. The van der Waals surface area contributed by atoms with Crippen molar-refractivity contribution in [3.05, 3.63) is 77.9 Å². The van der Waals surface area contributed by atoms with Crippen molar-refractivity contribution in [2.75, 3.05) is 19.0 Å². The fourth-order valence-corrected chi connectivity index (χ4v) is 4.46. The van der Waals surface area contributed by atoms with Gasteiger partial charge in [0.15, 0.2) is 0 Å². The summed E-state index contributed by atoms with van der Waals surface area (Å²) in [5, 5.41) is 0.537. The lowest BCUT2D eigenvalue weighted by molar-refractivity contribution is 0.106. The van der Waals surface area contributed by atoms with Gasteiger partial charge < -0.3 is 4.90 Å². The zero-order valence-corrected chi connectivity index (χ0v) is 18.5. The average molecular weight is 415 g/mol. The third kappa shape index (κ3) is 4.34. The molecule has 0 radical (unpaired) electrons. The van der Waals surface area contributed by atoms with Crippen LogP contribution < -0.4 is 4.90 Å². The molecule has 1 aliphatic rings. The van der Waals surface area contributed by atoms with E-state index in [0.717, 1.165) is 39.4 Å². The molecular weight excluding hydrogens is 388 g/mol. The van der Waals surface area contributed by atoms with E-state index in [-0.39, 0.29) is 5.78 Å². The van der Waals surface area contributed by atoms with Crippen LogP contribution >= 0.6 is 11.8 Å². The van der Waals surface area contributed by atoms with Crippen molar-refractivity contribution in [2.45, 2.75) is 31.1 Å². The molecule has 3 nitrogen and oxygen atoms in total. The number of rotatable bonds is 6. The summed E-state index contributed by atoms with van der Waals surface area (Å²) in [6.07, 6.45) is 3.53. The average Bonchev–Trinajstić information content (AvgIpc) is 3.07. The van der Waals surface area contributed by atoms with E-state index in [1.54, 1.807) is 0 Å². The van der Waals surface area contributed by atoms with Gasteiger partial charge in [-0.15, -0.1) is 0 Å². The maximum Gasteiger partial charge on any atom is 0.219 e. The monoisotopic (exact) mass is 414 g/mol. The number of fused-ring (bicyclic) bond motifs is 1. The number of thioether (sulfide) groups is 1. The molecule has 152 valence electrons. The molecule has 0 N–H and O–H groups in total. The van der Waals surface area contributed by atoms with Crippen LogP contribution in [0.3, 0.4) is 0 Å². The van der Waals surface area contributed by atoms with Crippen LogP contribution in [0.4, 0.5) is 11.4 Å². The quantitative estimate of drug-likeness (QED) is 0.446. The molecule has 0 amide bonds. The zero-order valence-electron chi connectivity index (χ0n) is 17.7. The first kappa shape index (κ1) is 20.4. The summed E-state index contributed by atoms with van der Waals surface area (Å²) in [6.45, 7) is 2.21. The number of carbonyl (C=O) groups is 1. The van der Waals surface area contributed by atoms with Gasteiger partial charge in [0, 0.05) is 30.2 Å². The molecule has 0 bridgehead atoms. The second-order valence-corrected chi connectivity index (χ2v) is 8.80. The summed E-state index contributed by atoms with van der Waals surface area (Å²) in [4.78, 5) is 20.6. The van der Waals surface area contributed by atoms with E-state index >= 15 is 0 Å². The zero-order chi connectivity index (χ0) is 21.1. The number of benzene rings is 3. The Bertz CT molecular complexity index is 1080. The summed E-state index contributed by atoms with van der Waals surface area (Å²) in [7, 11) is 4.01. The van der Waals surface area contributed by atoms with Gasteiger partial charge in [0.1, 0.15) is 5.04 Å². The van der Waals surface area contributed by atoms with E-state index in [4.69, 9.17) is 0 Å². The van der Waals surface area contributed by atoms with Crippen LogP contribution in [-0.2, 0) is 6.42 Å². The minimum atomic E-state index is 0.00750. The van der Waals surface area contributed by atoms with Crippen LogP contribution in [0.5, 0.6) is 0 Å². The number of hydrogen-bond donors (Lipinski definition) is 0. The summed E-state index contributed by atoms with van der Waals surface area (Å²) >= 11 is 1.46. The Hall–Kier alpha value is -2.85. The van der Waals surface area contributed by atoms with Crippen molar-refractivity contribution < 1.29 is 4.79 Å². The van der Waals surface area contributed by atoms with E-state index < -0.39 is 0 Å². The van der Waals surface area contributed by atoms with Crippen LogP contribution in [0.2, 0.25) is 0 Å². The molecule has 30 heavy (non-hydrogen) atoms. The van der Waals surface area contributed by atoms with Gasteiger partial charge in [0.05, 0.1) is 5.69 Å². The van der Waals surface area contributed by atoms with E-state index in [9.17, 15) is 4.79 Å². The summed E-state index contributed by atoms with van der Waals surface area (Å²) < 4.78 is 0. The van der Waals surface area contributed by atoms with Crippen molar-refractivity contribution in [1.29, 1.82) is 0 Å². The number of anilines is 1. The molecule has 3 aromatic rings. The number of hydrogen-bond acceptors (Lipinski definition) is 4. The molecule has 0 spiro atoms. The van der Waals surface area contributed by atoms with Gasteiger partial charge in [-0.2, -0.15) is 0 Å². The number of nitrogens with zero attached hydrogens (tertiary/aromatic N) is 2. The van der Waals surface area contributed by atoms with Crippen LogP contribution in [0.15, 0.2) is 76.6 Å². The first-order chi connectivity index (χ1) is 14.5. The molecule has 0 atom stereocenters. The Morgan fingerprint density at radius 1 is 0.900 bits per heavy atom. The standard InChI is InChI=1S/C26H26N2OS/c1-4-5-6-18-7-9-19(10-8-18)20-11-16-24-23(17-20)25(29)26(30-24)27-21-12-14-22(15-13-21)28(2)3/h7-17H,4-6H2,1-3H3/b27-26-. The van der Waals surface area contributed by atoms with Crippen molar-refractivity contribution in [3.8, 4) is 11.1 Å². The largest absolute Gasteiger partial charge is 0.378 e. The molecule has 0 unspecified atom stereocenters. The molecular formula is C26H26N2OS. The topological polar surface area (TPSA) is 32.7 Å². The Balaban J connectivity index is 1.55. The minimum absolute atomic E-state index is 0.00750. The fourth-order valence-electron chi connectivity index (χ4n) is 3.50. The van der Waals surface area contributed by atoms with Gasteiger partial charge in [-0.3, -0.25) is 4.79 Å². The van der Waals surface area contributed by atoms with E-state index in [1.807, 2.05) is 55.4 Å². The van der Waals surface area contributed by atoms with Crippen molar-refractivity contribution >= 4 is 34.0 Å². The van der Waals surface area contributed by atoms with E-state index in [0.29, 0.717) is 5.04 Å². The molecule has 1 aliphatic heterocycles. The molecule has 0 aliphatic carbocycles. The van der Waals surface area contributed by atoms with Gasteiger partial charge in [-0.05, 0) is 65.9 Å². The second-order valence-electron chi connectivity index (χ2n) is 7.77. The number of unbranched alkanes of at least 4 members (excludes halogenated alkanes) is 1. The Morgan fingerprint density at radius 2 is 1.60 bits per heavy atom. The predicted molar refractivity (Wildman–Crippen MR) is 129 cm³/mol. The van der Waals surface area contributed by atoms with E-state index in [2.05, 4.69) is 42.2 Å². The number of carbonyl (C=O) groups excluding carboxylic acids is 1. The normalized spacial score (nSPS) is 14.2. The molecule has 1 heterocycles. The molecule has 0 saturated heterocycles. The molecule has 0 aromatic heterocycles. The lowest BCUT2D eigenvalue weighted by Gasteiger charge is -2.11. The smallest absolute Gasteiger partial charge is 0.219 e. The van der Waals surface area contributed by atoms with Crippen LogP contribution in [0.1, 0.15) is 35.7 Å². The summed E-state index contributed by atoms with van der Waals surface area (Å²) in [5.74, 6) is 0.00750. The first-order valence-electron chi connectivity index (χ1n) is 10.4. The second kappa shape index (κ2) is 8.88. The maximum absolute atomic E-state index is 13.0. The van der Waals surface area contributed by atoms with Crippen molar-refractivity contribution in [1.82, 2.24) is 0 Å². The van der Waals surface area contributed by atoms with Crippen LogP contribution in [-0.4, -0.2) is 24.9 Å². The SMILES string of the molecule is CCCCc1ccc(-c2ccc3c(c2)C(=O)/C(=N/c2ccc(N(C)C)cc2)S3)cc1. The molecule has 4 heteroatoms. The van der Waals surface area contributed by atoms with Gasteiger partial charge in [-0.1, -0.05) is 55.4 Å². The Labute approximate surface area is 182 Å². The Morgan fingerprint density at radius 3 is 2.27 bits per heavy atom. The van der Waals surface area contributed by atoms with Gasteiger partial charge in [0.2, 0.25) is 5.78 Å². The maximum atomic E-state index is 13.0. The van der Waals surface area contributed by atoms with Crippen LogP contribution in [0.25, 0.3) is 11.1 Å². The highest BCUT2D eigenvalue weighted by Gasteiger charge is 2.28. The van der Waals surface area contributed by atoms with Gasteiger partial charge in [0.25, 0.3) is 0 Å². The number of ketones is 1. The number of aliphatic imine (C=N–C) groups is 1. The number of Topliss-reactive ketones (excluding diaryl/α,β-unsaturated/α-hetero) is 1. The highest BCUT2D eigenvalue weighted by molar-refractivity contribution is 8.16. The lowest BCUT2D eigenvalue weighted by atomic mass is 9.99. The van der Waals surface area contributed by atoms with Crippen molar-refractivity contribution in [3.63, 3.8) is 0 Å². The predicted octanol–water partition coefficient (Wildman–Crippen LogP) is 6.78. The van der Waals surface area contributed by atoms with Gasteiger partial charge in [-0.25, -0.2) is 4.99 Å². The highest BCUT2D eigenvalue weighted by Crippen LogP contribution is 2.37. The van der Waals surface area contributed by atoms with Crippen LogP contribution in [0, 0.1) is 0 Å². The number of aryl methyl sites for hydroxylation is 1. The molecule has 3 aromatic carbocycles. The Kier molecular flexibility index (Phi) is 6.05. The third-order valence-electron chi connectivity index (χ3n) is 5.33. The van der Waals surface area contributed by atoms with Gasteiger partial charge >= 0.3 is 0 Å². The highest BCUT2D eigenvalue weighted by atomic mass is 32.2. The molecule has 4 rings (SSSR count). The third-order valence-corrected chi connectivity index (χ3v) is 6.37. The van der Waals surface area contributed by atoms with E-state index in [1.165, 1.54) is 30.2 Å². The first-order valence-corrected chi connectivity index (χ1v) is 11.2. The lowest BCUT2D eigenvalue weighted by Crippen LogP contribution is -2.07. The molecule has 0 fully saturated rings. The summed E-state index contributed by atoms with van der Waals surface area (Å²) in [5.41, 5.74) is 6.23. The fraction of sp³-hybridized carbons (Fsp3) is 0.231. The minimum Gasteiger partial charge on any atom is -0.378 e.